The largest absolute Gasteiger partial charge is 0.335 e. The first-order chi connectivity index (χ1) is 14.0. The molecule has 2 heterocycles. The van der Waals surface area contributed by atoms with Crippen molar-refractivity contribution in [2.45, 2.75) is 19.5 Å². The number of benzene rings is 2. The van der Waals surface area contributed by atoms with Crippen LogP contribution in [-0.4, -0.2) is 27.1 Å². The Labute approximate surface area is 165 Å². The van der Waals surface area contributed by atoms with Gasteiger partial charge in [-0.05, 0) is 29.8 Å². The zero-order chi connectivity index (χ0) is 20.5. The average molecular weight is 395 g/mol. The highest BCUT2D eigenvalue weighted by molar-refractivity contribution is 5.79. The number of amides is 1. The van der Waals surface area contributed by atoms with Crippen LogP contribution in [0.25, 0.3) is 11.1 Å². The molecule has 0 saturated carbocycles. The third kappa shape index (κ3) is 3.61. The van der Waals surface area contributed by atoms with E-state index in [0.29, 0.717) is 29.9 Å². The second-order valence-electron chi connectivity index (χ2n) is 6.80. The molecule has 4 rings (SSSR count). The molecule has 2 aromatic carbocycles. The molecule has 7 heteroatoms. The number of carbonyl (C=O) groups is 1. The summed E-state index contributed by atoms with van der Waals surface area (Å²) in [6, 6.07) is 7.64. The fourth-order valence-electron chi connectivity index (χ4n) is 3.47. The van der Waals surface area contributed by atoms with Gasteiger partial charge in [0.1, 0.15) is 17.5 Å². The van der Waals surface area contributed by atoms with Crippen molar-refractivity contribution in [3.8, 4) is 23.5 Å². The smallest absolute Gasteiger partial charge is 0.227 e. The minimum atomic E-state index is -0.683. The highest BCUT2D eigenvalue weighted by atomic mass is 19.1. The molecule has 3 aromatic rings. The van der Waals surface area contributed by atoms with E-state index in [4.69, 9.17) is 6.42 Å². The van der Waals surface area contributed by atoms with Gasteiger partial charge in [-0.3, -0.25) is 9.48 Å². The minimum absolute atomic E-state index is 0.0728. The van der Waals surface area contributed by atoms with Crippen LogP contribution in [0, 0.1) is 29.8 Å². The Bertz CT molecular complexity index is 1150. The molecule has 1 amide bonds. The Morgan fingerprint density at radius 3 is 2.66 bits per heavy atom. The number of hydrogen-bond acceptors (Lipinski definition) is 2. The SMILES string of the molecule is C#Cc1cc(CC(=O)N2CCn3ncc(-c4ccc(F)cc4F)c3C2)ccc1F. The molecule has 0 fully saturated rings. The highest BCUT2D eigenvalue weighted by Crippen LogP contribution is 2.29. The number of fused-ring (bicyclic) bond motifs is 1. The van der Waals surface area contributed by atoms with Crippen molar-refractivity contribution in [3.63, 3.8) is 0 Å². The third-order valence-corrected chi connectivity index (χ3v) is 4.99. The summed E-state index contributed by atoms with van der Waals surface area (Å²) in [6.45, 7) is 1.15. The van der Waals surface area contributed by atoms with Crippen LogP contribution >= 0.6 is 0 Å². The summed E-state index contributed by atoms with van der Waals surface area (Å²) in [5, 5.41) is 4.26. The summed E-state index contributed by atoms with van der Waals surface area (Å²) in [5.41, 5.74) is 2.17. The average Bonchev–Trinajstić information content (AvgIpc) is 3.12. The topological polar surface area (TPSA) is 38.1 Å². The lowest BCUT2D eigenvalue weighted by Crippen LogP contribution is -2.39. The second kappa shape index (κ2) is 7.47. The molecular formula is C22H16F3N3O. The molecule has 0 saturated heterocycles. The van der Waals surface area contributed by atoms with E-state index in [1.807, 2.05) is 0 Å². The Morgan fingerprint density at radius 1 is 1.07 bits per heavy atom. The van der Waals surface area contributed by atoms with Gasteiger partial charge in [0.2, 0.25) is 5.91 Å². The van der Waals surface area contributed by atoms with E-state index in [9.17, 15) is 18.0 Å². The van der Waals surface area contributed by atoms with Gasteiger partial charge in [-0.1, -0.05) is 12.0 Å². The zero-order valence-corrected chi connectivity index (χ0v) is 15.3. The quantitative estimate of drug-likeness (QED) is 0.637. The summed E-state index contributed by atoms with van der Waals surface area (Å²) in [6.07, 6.45) is 6.88. The van der Waals surface area contributed by atoms with Gasteiger partial charge in [0.25, 0.3) is 0 Å². The molecule has 1 aromatic heterocycles. The molecular weight excluding hydrogens is 379 g/mol. The number of carbonyl (C=O) groups excluding carboxylic acids is 1. The maximum Gasteiger partial charge on any atom is 0.227 e. The van der Waals surface area contributed by atoms with Crippen molar-refractivity contribution in [2.75, 3.05) is 6.54 Å². The lowest BCUT2D eigenvalue weighted by molar-refractivity contribution is -0.131. The van der Waals surface area contributed by atoms with Crippen LogP contribution in [0.3, 0.4) is 0 Å². The molecule has 0 bridgehead atoms. The van der Waals surface area contributed by atoms with Gasteiger partial charge >= 0.3 is 0 Å². The summed E-state index contributed by atoms with van der Waals surface area (Å²) in [4.78, 5) is 14.4. The van der Waals surface area contributed by atoms with Gasteiger partial charge in [-0.25, -0.2) is 13.2 Å². The van der Waals surface area contributed by atoms with Crippen molar-refractivity contribution >= 4 is 5.91 Å². The van der Waals surface area contributed by atoms with Crippen LogP contribution in [0.1, 0.15) is 16.8 Å². The highest BCUT2D eigenvalue weighted by Gasteiger charge is 2.25. The van der Waals surface area contributed by atoms with E-state index in [0.717, 1.165) is 6.07 Å². The number of hydrogen-bond donors (Lipinski definition) is 0. The van der Waals surface area contributed by atoms with Gasteiger partial charge < -0.3 is 4.90 Å². The standard InChI is InChI=1S/C22H16F3N3O/c1-2-15-9-14(3-6-19(15)24)10-22(29)27-7-8-28-21(13-27)18(12-26-28)17-5-4-16(23)11-20(17)25/h1,3-6,9,11-12H,7-8,10,13H2. The number of halogens is 3. The lowest BCUT2D eigenvalue weighted by atomic mass is 10.0. The molecule has 0 radical (unpaired) electrons. The van der Waals surface area contributed by atoms with E-state index < -0.39 is 17.5 Å². The van der Waals surface area contributed by atoms with Crippen molar-refractivity contribution in [1.29, 1.82) is 0 Å². The molecule has 4 nitrogen and oxygen atoms in total. The van der Waals surface area contributed by atoms with Crippen LogP contribution in [-0.2, 0) is 24.3 Å². The molecule has 1 aliphatic rings. The first kappa shape index (κ1) is 18.8. The van der Waals surface area contributed by atoms with E-state index >= 15 is 0 Å². The van der Waals surface area contributed by atoms with Crippen LogP contribution in [0.5, 0.6) is 0 Å². The van der Waals surface area contributed by atoms with Crippen LogP contribution in [0.15, 0.2) is 42.6 Å². The molecule has 0 spiro atoms. The van der Waals surface area contributed by atoms with E-state index in [-0.39, 0.29) is 30.0 Å². The van der Waals surface area contributed by atoms with E-state index in [1.165, 1.54) is 36.5 Å². The van der Waals surface area contributed by atoms with Crippen LogP contribution in [0.2, 0.25) is 0 Å². The Balaban J connectivity index is 1.56. The molecule has 0 atom stereocenters. The van der Waals surface area contributed by atoms with Gasteiger partial charge in [0.05, 0.1) is 37.0 Å². The Morgan fingerprint density at radius 2 is 1.90 bits per heavy atom. The van der Waals surface area contributed by atoms with Crippen molar-refractivity contribution in [2.24, 2.45) is 0 Å². The monoisotopic (exact) mass is 395 g/mol. The molecule has 0 aliphatic carbocycles. The number of terminal acetylenes is 1. The van der Waals surface area contributed by atoms with Crippen molar-refractivity contribution in [3.05, 3.63) is 76.9 Å². The van der Waals surface area contributed by atoms with E-state index in [2.05, 4.69) is 11.0 Å². The van der Waals surface area contributed by atoms with Gasteiger partial charge in [-0.2, -0.15) is 5.10 Å². The Kier molecular flexibility index (Phi) is 4.85. The predicted octanol–water partition coefficient (Wildman–Crippen LogP) is 3.53. The fourth-order valence-corrected chi connectivity index (χ4v) is 3.47. The molecule has 29 heavy (non-hydrogen) atoms. The summed E-state index contributed by atoms with van der Waals surface area (Å²) >= 11 is 0. The first-order valence-electron chi connectivity index (χ1n) is 8.99. The summed E-state index contributed by atoms with van der Waals surface area (Å²) < 4.78 is 42.7. The van der Waals surface area contributed by atoms with Gasteiger partial charge in [0.15, 0.2) is 0 Å². The first-order valence-corrected chi connectivity index (χ1v) is 8.99. The van der Waals surface area contributed by atoms with Crippen molar-refractivity contribution < 1.29 is 18.0 Å². The third-order valence-electron chi connectivity index (χ3n) is 4.99. The van der Waals surface area contributed by atoms with E-state index in [1.54, 1.807) is 9.58 Å². The molecule has 0 N–H and O–H groups in total. The number of nitrogens with zero attached hydrogens (tertiary/aromatic N) is 3. The summed E-state index contributed by atoms with van der Waals surface area (Å²) in [7, 11) is 0. The van der Waals surface area contributed by atoms with Crippen LogP contribution < -0.4 is 0 Å². The minimum Gasteiger partial charge on any atom is -0.335 e. The lowest BCUT2D eigenvalue weighted by Gasteiger charge is -2.28. The summed E-state index contributed by atoms with van der Waals surface area (Å²) in [5.74, 6) is 0.260. The van der Waals surface area contributed by atoms with Crippen molar-refractivity contribution in [1.82, 2.24) is 14.7 Å². The normalized spacial score (nSPS) is 13.1. The predicted molar refractivity (Wildman–Crippen MR) is 101 cm³/mol. The van der Waals surface area contributed by atoms with Crippen LogP contribution in [0.4, 0.5) is 13.2 Å². The second-order valence-corrected chi connectivity index (χ2v) is 6.80. The molecule has 1 aliphatic heterocycles. The number of aromatic nitrogens is 2. The van der Waals surface area contributed by atoms with Gasteiger partial charge in [-0.15, -0.1) is 6.42 Å². The fraction of sp³-hybridized carbons (Fsp3) is 0.182. The maximum atomic E-state index is 14.2. The Hall–Kier alpha value is -3.53. The molecule has 146 valence electrons. The molecule has 0 unspecified atom stereocenters. The maximum absolute atomic E-state index is 14.2. The number of rotatable bonds is 3. The van der Waals surface area contributed by atoms with Gasteiger partial charge in [0, 0.05) is 23.7 Å². The zero-order valence-electron chi connectivity index (χ0n) is 15.3.